The lowest BCUT2D eigenvalue weighted by atomic mass is 9.85. The molecule has 1 aromatic carbocycles. The predicted molar refractivity (Wildman–Crippen MR) is 144 cm³/mol. The summed E-state index contributed by atoms with van der Waals surface area (Å²) in [6.07, 6.45) is 0.134. The molecule has 3 amide bonds. The number of carbonyl (C=O) groups is 3. The van der Waals surface area contributed by atoms with Gasteiger partial charge in [0.25, 0.3) is 0 Å². The number of nitrogens with one attached hydrogen (secondary N) is 2. The van der Waals surface area contributed by atoms with Crippen LogP contribution in [0, 0.1) is 29.1 Å². The van der Waals surface area contributed by atoms with Crippen LogP contribution in [-0.4, -0.2) is 57.4 Å². The number of nitrogens with zero attached hydrogens (tertiary/aromatic N) is 3. The van der Waals surface area contributed by atoms with E-state index in [2.05, 4.69) is 15.6 Å². The number of thiazole rings is 1. The number of hydrogen-bond acceptors (Lipinski definition) is 7. The zero-order valence-electron chi connectivity index (χ0n) is 21.9. The minimum Gasteiger partial charge on any atom is -0.391 e. The highest BCUT2D eigenvalue weighted by Gasteiger charge is 2.53. The Morgan fingerprint density at radius 2 is 2.05 bits per heavy atom. The summed E-state index contributed by atoms with van der Waals surface area (Å²) in [5.74, 6) is -1.35. The molecule has 4 rings (SSSR count). The molecule has 2 heterocycles. The first kappa shape index (κ1) is 28.0. The van der Waals surface area contributed by atoms with Gasteiger partial charge >= 0.3 is 0 Å². The molecule has 9 nitrogen and oxygen atoms in total. The van der Waals surface area contributed by atoms with Crippen LogP contribution in [0.2, 0.25) is 5.02 Å². The van der Waals surface area contributed by atoms with Crippen LogP contribution in [-0.2, 0) is 20.9 Å². The zero-order chi connectivity index (χ0) is 27.8. The third-order valence-electron chi connectivity index (χ3n) is 7.17. The SMILES string of the molecule is Cc1ncsc1-c1ccc(CNC(=O)[C@@H]2C[C@@H](O)CN2C(=O)[C@@H](NC(=O)C2(C#N)CC2)C(C)(C)C)c(Cl)c1. The van der Waals surface area contributed by atoms with Crippen LogP contribution in [0.1, 0.15) is 51.3 Å². The van der Waals surface area contributed by atoms with Crippen molar-refractivity contribution in [1.29, 1.82) is 5.26 Å². The second kappa shape index (κ2) is 10.6. The minimum absolute atomic E-state index is 0.0214. The molecule has 0 radical (unpaired) electrons. The number of β-amino-alcohol motifs (C(OH)–C–C–N with tert-alkyl or cyclic N) is 1. The Morgan fingerprint density at radius 3 is 2.61 bits per heavy atom. The van der Waals surface area contributed by atoms with Crippen LogP contribution in [0.15, 0.2) is 23.7 Å². The Labute approximate surface area is 231 Å². The van der Waals surface area contributed by atoms with Crippen LogP contribution in [0.5, 0.6) is 0 Å². The second-order valence-electron chi connectivity index (χ2n) is 11.2. The molecule has 2 aromatic rings. The molecule has 11 heteroatoms. The van der Waals surface area contributed by atoms with Crippen molar-refractivity contribution in [3.63, 3.8) is 0 Å². The lowest BCUT2D eigenvalue weighted by molar-refractivity contribution is -0.144. The topological polar surface area (TPSA) is 135 Å². The Hall–Kier alpha value is -3.00. The number of benzene rings is 1. The normalized spacial score (nSPS) is 20.9. The second-order valence-corrected chi connectivity index (χ2v) is 12.4. The maximum absolute atomic E-state index is 13.6. The zero-order valence-corrected chi connectivity index (χ0v) is 23.4. The third kappa shape index (κ3) is 5.70. The Balaban J connectivity index is 1.45. The van der Waals surface area contributed by atoms with Crippen molar-refractivity contribution in [1.82, 2.24) is 20.5 Å². The average Bonchev–Trinajstić information content (AvgIpc) is 3.40. The molecule has 1 saturated heterocycles. The van der Waals surface area contributed by atoms with Gasteiger partial charge < -0.3 is 20.6 Å². The van der Waals surface area contributed by atoms with E-state index in [1.165, 1.54) is 16.2 Å². The van der Waals surface area contributed by atoms with E-state index in [-0.39, 0.29) is 19.5 Å². The minimum atomic E-state index is -1.08. The fourth-order valence-electron chi connectivity index (χ4n) is 4.62. The fraction of sp³-hybridized carbons (Fsp3) is 0.519. The summed E-state index contributed by atoms with van der Waals surface area (Å²) in [5, 5.41) is 25.8. The lowest BCUT2D eigenvalue weighted by Crippen LogP contribution is -2.58. The first-order valence-electron chi connectivity index (χ1n) is 12.5. The third-order valence-corrected chi connectivity index (χ3v) is 8.50. The maximum Gasteiger partial charge on any atom is 0.246 e. The highest BCUT2D eigenvalue weighted by molar-refractivity contribution is 7.13. The molecule has 1 aliphatic carbocycles. The molecule has 2 aliphatic rings. The van der Waals surface area contributed by atoms with Crippen molar-refractivity contribution in [2.75, 3.05) is 6.54 Å². The molecule has 3 atom stereocenters. The molecule has 2 fully saturated rings. The highest BCUT2D eigenvalue weighted by atomic mass is 35.5. The van der Waals surface area contributed by atoms with Gasteiger partial charge in [-0.1, -0.05) is 44.5 Å². The number of likely N-dealkylation sites (tertiary alicyclic amines) is 1. The standard InChI is InChI=1S/C27H32ClN5O4S/c1-15-21(38-14-31-15)16-5-6-17(19(28)9-16)11-30-23(35)20-10-18(34)12-33(20)24(36)22(26(2,3)4)32-25(37)27(13-29)7-8-27/h5-6,9,14,18,20,22,34H,7-8,10-12H2,1-4H3,(H,30,35)(H,32,37)/t18-,20+,22-/m1/s1. The van der Waals surface area contributed by atoms with Gasteiger partial charge in [0.05, 0.1) is 28.3 Å². The van der Waals surface area contributed by atoms with Crippen LogP contribution in [0.25, 0.3) is 10.4 Å². The van der Waals surface area contributed by atoms with E-state index >= 15 is 0 Å². The van der Waals surface area contributed by atoms with Crippen LogP contribution in [0.3, 0.4) is 0 Å². The van der Waals surface area contributed by atoms with Gasteiger partial charge in [0.2, 0.25) is 17.7 Å². The van der Waals surface area contributed by atoms with E-state index in [0.717, 1.165) is 16.1 Å². The molecule has 1 aromatic heterocycles. The molecule has 202 valence electrons. The average molecular weight is 558 g/mol. The van der Waals surface area contributed by atoms with Gasteiger partial charge in [-0.3, -0.25) is 14.4 Å². The van der Waals surface area contributed by atoms with E-state index in [9.17, 15) is 24.8 Å². The summed E-state index contributed by atoms with van der Waals surface area (Å²) in [4.78, 5) is 46.2. The van der Waals surface area contributed by atoms with Gasteiger partial charge in [0, 0.05) is 24.5 Å². The van der Waals surface area contributed by atoms with Crippen molar-refractivity contribution < 1.29 is 19.5 Å². The summed E-state index contributed by atoms with van der Waals surface area (Å²) in [7, 11) is 0. The Bertz CT molecular complexity index is 1290. The van der Waals surface area contributed by atoms with Gasteiger partial charge in [-0.25, -0.2) is 4.98 Å². The lowest BCUT2D eigenvalue weighted by Gasteiger charge is -2.35. The molecule has 1 aliphatic heterocycles. The van der Waals surface area contributed by atoms with E-state index in [1.54, 1.807) is 5.51 Å². The highest BCUT2D eigenvalue weighted by Crippen LogP contribution is 2.45. The van der Waals surface area contributed by atoms with Gasteiger partial charge in [0.15, 0.2) is 0 Å². The number of aromatic nitrogens is 1. The predicted octanol–water partition coefficient (Wildman–Crippen LogP) is 3.18. The number of rotatable bonds is 7. The van der Waals surface area contributed by atoms with E-state index < -0.39 is 46.7 Å². The van der Waals surface area contributed by atoms with Crippen molar-refractivity contribution in [2.24, 2.45) is 10.8 Å². The number of aliphatic hydroxyl groups is 1. The van der Waals surface area contributed by atoms with Crippen molar-refractivity contribution in [2.45, 2.75) is 71.7 Å². The maximum atomic E-state index is 13.6. The largest absolute Gasteiger partial charge is 0.391 e. The first-order chi connectivity index (χ1) is 17.9. The number of carbonyl (C=O) groups excluding carboxylic acids is 3. The molecular formula is C27H32ClN5O4S. The molecular weight excluding hydrogens is 526 g/mol. The summed E-state index contributed by atoms with van der Waals surface area (Å²) < 4.78 is 0. The fourth-order valence-corrected chi connectivity index (χ4v) is 5.67. The van der Waals surface area contributed by atoms with Crippen LogP contribution in [0.4, 0.5) is 0 Å². The Morgan fingerprint density at radius 1 is 1.34 bits per heavy atom. The monoisotopic (exact) mass is 557 g/mol. The summed E-state index contributed by atoms with van der Waals surface area (Å²) in [5.41, 5.74) is 2.59. The van der Waals surface area contributed by atoms with Gasteiger partial charge in [-0.05, 0) is 42.4 Å². The number of aliphatic hydroxyl groups excluding tert-OH is 1. The number of halogens is 1. The number of nitriles is 1. The van der Waals surface area contributed by atoms with Crippen LogP contribution >= 0.6 is 22.9 Å². The Kier molecular flexibility index (Phi) is 7.84. The van der Waals surface area contributed by atoms with Crippen molar-refractivity contribution >= 4 is 40.7 Å². The molecule has 0 unspecified atom stereocenters. The quantitative estimate of drug-likeness (QED) is 0.478. The summed E-state index contributed by atoms with van der Waals surface area (Å²) >= 11 is 8.03. The van der Waals surface area contributed by atoms with E-state index in [1.807, 2.05) is 52.0 Å². The number of amides is 3. The van der Waals surface area contributed by atoms with Crippen molar-refractivity contribution in [3.05, 3.63) is 40.0 Å². The molecule has 38 heavy (non-hydrogen) atoms. The van der Waals surface area contributed by atoms with Gasteiger partial charge in [0.1, 0.15) is 17.5 Å². The first-order valence-corrected chi connectivity index (χ1v) is 13.8. The van der Waals surface area contributed by atoms with E-state index in [4.69, 9.17) is 11.6 Å². The van der Waals surface area contributed by atoms with E-state index in [0.29, 0.717) is 23.4 Å². The molecule has 3 N–H and O–H groups in total. The summed E-state index contributed by atoms with van der Waals surface area (Å²) in [6.45, 7) is 7.49. The molecule has 0 spiro atoms. The summed E-state index contributed by atoms with van der Waals surface area (Å²) in [6, 6.07) is 5.79. The molecule has 0 bridgehead atoms. The number of hydrogen-bond donors (Lipinski definition) is 3. The molecule has 1 saturated carbocycles. The van der Waals surface area contributed by atoms with Crippen molar-refractivity contribution in [3.8, 4) is 16.5 Å². The number of aryl methyl sites for hydroxylation is 1. The van der Waals surface area contributed by atoms with Crippen LogP contribution < -0.4 is 10.6 Å². The smallest absolute Gasteiger partial charge is 0.246 e. The van der Waals surface area contributed by atoms with Gasteiger partial charge in [-0.2, -0.15) is 5.26 Å². The van der Waals surface area contributed by atoms with Gasteiger partial charge in [-0.15, -0.1) is 11.3 Å².